The van der Waals surface area contributed by atoms with Crippen LogP contribution in [0.25, 0.3) is 10.9 Å². The van der Waals surface area contributed by atoms with Crippen molar-refractivity contribution in [3.05, 3.63) is 60.2 Å². The lowest BCUT2D eigenvalue weighted by molar-refractivity contribution is -0.117. The van der Waals surface area contributed by atoms with Crippen molar-refractivity contribution in [3.8, 4) is 0 Å². The van der Waals surface area contributed by atoms with E-state index in [4.69, 9.17) is 0 Å². The second-order valence-corrected chi connectivity index (χ2v) is 7.01. The molecule has 0 radical (unpaired) electrons. The van der Waals surface area contributed by atoms with Crippen LogP contribution < -0.4 is 10.2 Å². The van der Waals surface area contributed by atoms with Crippen LogP contribution in [0.5, 0.6) is 0 Å². The maximum absolute atomic E-state index is 13.7. The molecule has 4 rings (SSSR count). The van der Waals surface area contributed by atoms with Gasteiger partial charge in [0.2, 0.25) is 5.91 Å². The minimum atomic E-state index is -0.424. The van der Waals surface area contributed by atoms with E-state index in [0.717, 1.165) is 42.9 Å². The zero-order valence-corrected chi connectivity index (χ0v) is 15.7. The Balaban J connectivity index is 1.38. The molecule has 3 aromatic rings. The number of hydrogen-bond acceptors (Lipinski definition) is 5. The van der Waals surface area contributed by atoms with Crippen LogP contribution in [0, 0.1) is 12.7 Å². The summed E-state index contributed by atoms with van der Waals surface area (Å²) < 4.78 is 13.7. The van der Waals surface area contributed by atoms with Gasteiger partial charge in [0.05, 0.1) is 17.7 Å². The number of aryl methyl sites for hydroxylation is 1. The molecular weight excluding hydrogens is 357 g/mol. The number of aromatic nitrogens is 2. The largest absolute Gasteiger partial charge is 0.353 e. The van der Waals surface area contributed by atoms with E-state index in [9.17, 15) is 9.18 Å². The number of hydrogen-bond donors (Lipinski definition) is 1. The number of halogens is 1. The van der Waals surface area contributed by atoms with E-state index in [-0.39, 0.29) is 18.1 Å². The van der Waals surface area contributed by atoms with E-state index in [1.54, 1.807) is 24.5 Å². The lowest BCUT2D eigenvalue weighted by Gasteiger charge is -2.35. The third-order valence-corrected chi connectivity index (χ3v) is 4.96. The highest BCUT2D eigenvalue weighted by molar-refractivity contribution is 5.92. The van der Waals surface area contributed by atoms with Crippen LogP contribution in [0.1, 0.15) is 5.56 Å². The second-order valence-electron chi connectivity index (χ2n) is 7.01. The predicted molar refractivity (Wildman–Crippen MR) is 108 cm³/mol. The molecule has 144 valence electrons. The first-order valence-corrected chi connectivity index (χ1v) is 9.33. The van der Waals surface area contributed by atoms with Gasteiger partial charge in [-0.1, -0.05) is 23.8 Å². The number of fused-ring (bicyclic) bond motifs is 1. The van der Waals surface area contributed by atoms with Gasteiger partial charge in [0.25, 0.3) is 0 Å². The van der Waals surface area contributed by atoms with Gasteiger partial charge in [-0.3, -0.25) is 9.69 Å². The number of anilines is 2. The number of piperazine rings is 1. The average molecular weight is 379 g/mol. The SMILES string of the molecule is Cc1ccc2ncnc(N3CCN(CC(=O)Nc4ccccc4F)CC3)c2c1. The molecule has 0 spiro atoms. The lowest BCUT2D eigenvalue weighted by atomic mass is 10.1. The number of carbonyl (C=O) groups excluding carboxylic acids is 1. The van der Waals surface area contributed by atoms with E-state index in [1.807, 2.05) is 12.1 Å². The molecule has 1 N–H and O–H groups in total. The van der Waals surface area contributed by atoms with Crippen LogP contribution in [-0.2, 0) is 4.79 Å². The van der Waals surface area contributed by atoms with Crippen LogP contribution in [0.15, 0.2) is 48.8 Å². The zero-order valence-electron chi connectivity index (χ0n) is 15.7. The summed E-state index contributed by atoms with van der Waals surface area (Å²) in [6.07, 6.45) is 1.60. The van der Waals surface area contributed by atoms with Crippen LogP contribution >= 0.6 is 0 Å². The zero-order chi connectivity index (χ0) is 19.5. The molecule has 1 aromatic heterocycles. The number of carbonyl (C=O) groups is 1. The summed E-state index contributed by atoms with van der Waals surface area (Å²) in [5.41, 5.74) is 2.32. The number of para-hydroxylation sites is 1. The molecule has 0 atom stereocenters. The highest BCUT2D eigenvalue weighted by atomic mass is 19.1. The molecule has 1 amide bonds. The average Bonchev–Trinajstić information content (AvgIpc) is 2.70. The van der Waals surface area contributed by atoms with Crippen LogP contribution in [-0.4, -0.2) is 53.5 Å². The standard InChI is InChI=1S/C21H22FN5O/c1-15-6-7-18-16(12-15)21(24-14-23-18)27-10-8-26(9-11-27)13-20(28)25-19-5-3-2-4-17(19)22/h2-7,12,14H,8-11,13H2,1H3,(H,25,28). The molecule has 2 heterocycles. The third-order valence-electron chi connectivity index (χ3n) is 4.96. The van der Waals surface area contributed by atoms with E-state index >= 15 is 0 Å². The molecule has 28 heavy (non-hydrogen) atoms. The topological polar surface area (TPSA) is 61.4 Å². The van der Waals surface area contributed by atoms with Gasteiger partial charge in [-0.25, -0.2) is 14.4 Å². The minimum Gasteiger partial charge on any atom is -0.353 e. The molecule has 0 unspecified atom stereocenters. The Kier molecular flexibility index (Phi) is 5.16. The Morgan fingerprint density at radius 2 is 1.89 bits per heavy atom. The van der Waals surface area contributed by atoms with Crippen molar-refractivity contribution in [3.63, 3.8) is 0 Å². The van der Waals surface area contributed by atoms with Crippen molar-refractivity contribution < 1.29 is 9.18 Å². The van der Waals surface area contributed by atoms with E-state index in [1.165, 1.54) is 11.6 Å². The number of nitrogens with zero attached hydrogens (tertiary/aromatic N) is 4. The number of benzene rings is 2. The van der Waals surface area contributed by atoms with Gasteiger partial charge < -0.3 is 10.2 Å². The first-order chi connectivity index (χ1) is 13.6. The molecule has 1 saturated heterocycles. The second kappa shape index (κ2) is 7.90. The van der Waals surface area contributed by atoms with Gasteiger partial charge in [0.15, 0.2) is 0 Å². The van der Waals surface area contributed by atoms with Crippen LogP contribution in [0.3, 0.4) is 0 Å². The summed E-state index contributed by atoms with van der Waals surface area (Å²) >= 11 is 0. The van der Waals surface area contributed by atoms with Crippen molar-refractivity contribution in [2.24, 2.45) is 0 Å². The molecular formula is C21H22FN5O. The van der Waals surface area contributed by atoms with Crippen LogP contribution in [0.2, 0.25) is 0 Å². The van der Waals surface area contributed by atoms with Gasteiger partial charge in [0.1, 0.15) is 18.0 Å². The highest BCUT2D eigenvalue weighted by Gasteiger charge is 2.21. The highest BCUT2D eigenvalue weighted by Crippen LogP contribution is 2.24. The van der Waals surface area contributed by atoms with Crippen molar-refractivity contribution in [2.75, 3.05) is 42.9 Å². The number of nitrogens with one attached hydrogen (secondary N) is 1. The minimum absolute atomic E-state index is 0.207. The molecule has 2 aromatic carbocycles. The van der Waals surface area contributed by atoms with Crippen molar-refractivity contribution >= 4 is 28.3 Å². The first kappa shape index (κ1) is 18.3. The molecule has 7 heteroatoms. The monoisotopic (exact) mass is 379 g/mol. The van der Waals surface area contributed by atoms with Crippen molar-refractivity contribution in [2.45, 2.75) is 6.92 Å². The summed E-state index contributed by atoms with van der Waals surface area (Å²) in [6, 6.07) is 12.4. The maximum Gasteiger partial charge on any atom is 0.238 e. The number of rotatable bonds is 4. The Hall–Kier alpha value is -3.06. The Bertz CT molecular complexity index is 1000. The van der Waals surface area contributed by atoms with Crippen molar-refractivity contribution in [1.29, 1.82) is 0 Å². The summed E-state index contributed by atoms with van der Waals surface area (Å²) in [7, 11) is 0. The van der Waals surface area contributed by atoms with E-state index < -0.39 is 5.82 Å². The summed E-state index contributed by atoms with van der Waals surface area (Å²) in [5.74, 6) is 0.303. The van der Waals surface area contributed by atoms with Gasteiger partial charge >= 0.3 is 0 Å². The lowest BCUT2D eigenvalue weighted by Crippen LogP contribution is -2.49. The van der Waals surface area contributed by atoms with Gasteiger partial charge in [-0.15, -0.1) is 0 Å². The smallest absolute Gasteiger partial charge is 0.238 e. The fourth-order valence-corrected chi connectivity index (χ4v) is 3.48. The van der Waals surface area contributed by atoms with Gasteiger partial charge in [-0.05, 0) is 31.2 Å². The summed E-state index contributed by atoms with van der Waals surface area (Å²) in [6.45, 7) is 5.32. The Morgan fingerprint density at radius 1 is 1.11 bits per heavy atom. The normalized spacial score (nSPS) is 15.0. The Labute approximate surface area is 163 Å². The summed E-state index contributed by atoms with van der Waals surface area (Å²) in [4.78, 5) is 25.4. The van der Waals surface area contributed by atoms with Crippen molar-refractivity contribution in [1.82, 2.24) is 14.9 Å². The van der Waals surface area contributed by atoms with E-state index in [0.29, 0.717) is 0 Å². The number of amides is 1. The predicted octanol–water partition coefficient (Wildman–Crippen LogP) is 2.84. The fourth-order valence-electron chi connectivity index (χ4n) is 3.48. The van der Waals surface area contributed by atoms with Gasteiger partial charge in [-0.2, -0.15) is 0 Å². The Morgan fingerprint density at radius 3 is 2.68 bits per heavy atom. The third kappa shape index (κ3) is 3.94. The molecule has 0 saturated carbocycles. The molecule has 1 aliphatic rings. The maximum atomic E-state index is 13.7. The molecule has 1 aliphatic heterocycles. The van der Waals surface area contributed by atoms with E-state index in [2.05, 4.69) is 38.1 Å². The molecule has 6 nitrogen and oxygen atoms in total. The molecule has 1 fully saturated rings. The molecule has 0 aliphatic carbocycles. The fraction of sp³-hybridized carbons (Fsp3) is 0.286. The van der Waals surface area contributed by atoms with Gasteiger partial charge in [0, 0.05) is 31.6 Å². The summed E-state index contributed by atoms with van der Waals surface area (Å²) in [5, 5.41) is 3.69. The van der Waals surface area contributed by atoms with Crippen LogP contribution in [0.4, 0.5) is 15.9 Å². The quantitative estimate of drug-likeness (QED) is 0.755. The molecule has 0 bridgehead atoms. The first-order valence-electron chi connectivity index (χ1n) is 9.33.